The highest BCUT2D eigenvalue weighted by atomic mass is 32.2. The van der Waals surface area contributed by atoms with Crippen LogP contribution in [0.2, 0.25) is 0 Å². The summed E-state index contributed by atoms with van der Waals surface area (Å²) in [6.07, 6.45) is 0. The Labute approximate surface area is 168 Å². The van der Waals surface area contributed by atoms with Crippen molar-refractivity contribution in [1.29, 1.82) is 0 Å². The van der Waals surface area contributed by atoms with Gasteiger partial charge in [-0.15, -0.1) is 0 Å². The first kappa shape index (κ1) is 20.7. The van der Waals surface area contributed by atoms with Gasteiger partial charge in [-0.3, -0.25) is 9.59 Å². The molecule has 1 atom stereocenters. The molecule has 1 unspecified atom stereocenters. The smallest absolute Gasteiger partial charge is 0.328 e. The fourth-order valence-electron chi connectivity index (χ4n) is 2.81. The van der Waals surface area contributed by atoms with Crippen molar-refractivity contribution in [3.63, 3.8) is 0 Å². The minimum atomic E-state index is -4.02. The zero-order chi connectivity index (χ0) is 21.3. The number of imide groups is 1. The van der Waals surface area contributed by atoms with E-state index in [1.54, 1.807) is 38.1 Å². The van der Waals surface area contributed by atoms with E-state index in [1.165, 1.54) is 24.3 Å². The lowest BCUT2D eigenvalue weighted by molar-refractivity contribution is -0.171. The highest BCUT2D eigenvalue weighted by molar-refractivity contribution is 7.89. The van der Waals surface area contributed by atoms with E-state index in [1.807, 2.05) is 6.92 Å². The second-order valence-electron chi connectivity index (χ2n) is 7.02. The zero-order valence-corrected chi connectivity index (χ0v) is 16.9. The maximum atomic E-state index is 12.7. The number of sulfonamides is 1. The van der Waals surface area contributed by atoms with E-state index in [2.05, 4.69) is 4.72 Å². The first-order valence-corrected chi connectivity index (χ1v) is 10.4. The van der Waals surface area contributed by atoms with Gasteiger partial charge >= 0.3 is 5.97 Å². The Morgan fingerprint density at radius 3 is 1.97 bits per heavy atom. The number of carbonyl (C=O) groups excluding carboxylic acids is 3. The second kappa shape index (κ2) is 7.76. The van der Waals surface area contributed by atoms with Crippen molar-refractivity contribution in [2.24, 2.45) is 5.92 Å². The summed E-state index contributed by atoms with van der Waals surface area (Å²) in [7, 11) is -4.02. The molecule has 1 aliphatic rings. The summed E-state index contributed by atoms with van der Waals surface area (Å²) in [6.45, 7) is 5.05. The highest BCUT2D eigenvalue weighted by Crippen LogP contribution is 2.23. The summed E-state index contributed by atoms with van der Waals surface area (Å²) in [4.78, 5) is 42.4. The van der Waals surface area contributed by atoms with Gasteiger partial charge in [-0.25, -0.2) is 13.2 Å². The van der Waals surface area contributed by atoms with Crippen molar-refractivity contribution >= 4 is 27.8 Å². The van der Waals surface area contributed by atoms with E-state index in [0.717, 1.165) is 5.56 Å². The van der Waals surface area contributed by atoms with Crippen LogP contribution in [-0.2, 0) is 19.7 Å². The summed E-state index contributed by atoms with van der Waals surface area (Å²) in [5.74, 6) is -3.10. The Hall–Kier alpha value is -3.04. The molecule has 152 valence electrons. The topological polar surface area (TPSA) is 110 Å². The molecule has 1 N–H and O–H groups in total. The molecule has 0 fully saturated rings. The van der Waals surface area contributed by atoms with Crippen LogP contribution in [0.15, 0.2) is 53.4 Å². The van der Waals surface area contributed by atoms with E-state index < -0.39 is 39.8 Å². The van der Waals surface area contributed by atoms with Gasteiger partial charge in [0, 0.05) is 0 Å². The summed E-state index contributed by atoms with van der Waals surface area (Å²) in [5.41, 5.74) is 1.12. The average molecular weight is 416 g/mol. The Morgan fingerprint density at radius 1 is 0.966 bits per heavy atom. The number of rotatable bonds is 6. The predicted molar refractivity (Wildman–Crippen MR) is 103 cm³/mol. The summed E-state index contributed by atoms with van der Waals surface area (Å²) in [6, 6.07) is 10.9. The normalized spacial score (nSPS) is 14.8. The quantitative estimate of drug-likeness (QED) is 0.722. The van der Waals surface area contributed by atoms with Gasteiger partial charge in [0.25, 0.3) is 11.8 Å². The fourth-order valence-corrected chi connectivity index (χ4v) is 4.14. The molecule has 8 nitrogen and oxygen atoms in total. The van der Waals surface area contributed by atoms with E-state index >= 15 is 0 Å². The van der Waals surface area contributed by atoms with Crippen molar-refractivity contribution in [2.45, 2.75) is 31.7 Å². The van der Waals surface area contributed by atoms with Crippen molar-refractivity contribution < 1.29 is 27.6 Å². The van der Waals surface area contributed by atoms with Crippen LogP contribution >= 0.6 is 0 Å². The Kier molecular flexibility index (Phi) is 5.54. The molecule has 0 spiro atoms. The molecule has 2 aromatic rings. The molecule has 29 heavy (non-hydrogen) atoms. The van der Waals surface area contributed by atoms with Crippen LogP contribution < -0.4 is 4.72 Å². The number of hydroxylamine groups is 2. The number of benzene rings is 2. The molecule has 3 rings (SSSR count). The molecule has 0 aromatic heterocycles. The monoisotopic (exact) mass is 416 g/mol. The standard InChI is InChI=1S/C20H20N2O6S/c1-12(2)17(21-29(26,27)14-10-8-13(3)9-11-14)20(25)28-22-18(23)15-6-4-5-7-16(15)19(22)24/h4-12,17,21H,1-3H3. The van der Waals surface area contributed by atoms with Gasteiger partial charge in [0.1, 0.15) is 6.04 Å². The third-order valence-corrected chi connectivity index (χ3v) is 5.93. The van der Waals surface area contributed by atoms with E-state index in [0.29, 0.717) is 5.06 Å². The molecular formula is C20H20N2O6S. The minimum absolute atomic E-state index is 0.0118. The lowest BCUT2D eigenvalue weighted by Gasteiger charge is -2.22. The molecule has 0 radical (unpaired) electrons. The first-order valence-electron chi connectivity index (χ1n) is 8.90. The van der Waals surface area contributed by atoms with Crippen LogP contribution in [0, 0.1) is 12.8 Å². The molecule has 2 amide bonds. The molecule has 0 saturated heterocycles. The van der Waals surface area contributed by atoms with Crippen LogP contribution in [0.1, 0.15) is 40.1 Å². The molecule has 0 bridgehead atoms. The Bertz CT molecular complexity index is 1040. The molecule has 0 saturated carbocycles. The number of fused-ring (bicyclic) bond motifs is 1. The van der Waals surface area contributed by atoms with Gasteiger partial charge in [0.2, 0.25) is 10.0 Å². The number of hydrogen-bond acceptors (Lipinski definition) is 6. The lowest BCUT2D eigenvalue weighted by atomic mass is 10.1. The average Bonchev–Trinajstić information content (AvgIpc) is 2.91. The predicted octanol–water partition coefficient (Wildman–Crippen LogP) is 2.05. The van der Waals surface area contributed by atoms with Gasteiger partial charge in [-0.2, -0.15) is 4.72 Å². The SMILES string of the molecule is Cc1ccc(S(=O)(=O)NC(C(=O)ON2C(=O)c3ccccc3C2=O)C(C)C)cc1. The molecule has 1 heterocycles. The van der Waals surface area contributed by atoms with Crippen molar-refractivity contribution in [3.8, 4) is 0 Å². The highest BCUT2D eigenvalue weighted by Gasteiger charge is 2.41. The molecule has 1 aliphatic heterocycles. The van der Waals surface area contributed by atoms with Crippen LogP contribution in [0.4, 0.5) is 0 Å². The number of nitrogens with one attached hydrogen (secondary N) is 1. The van der Waals surface area contributed by atoms with E-state index in [-0.39, 0.29) is 16.0 Å². The summed E-state index contributed by atoms with van der Waals surface area (Å²) < 4.78 is 27.6. The lowest BCUT2D eigenvalue weighted by Crippen LogP contribution is -2.48. The molecular weight excluding hydrogens is 396 g/mol. The van der Waals surface area contributed by atoms with Crippen molar-refractivity contribution in [2.75, 3.05) is 0 Å². The number of amides is 2. The number of aryl methyl sites for hydroxylation is 1. The maximum absolute atomic E-state index is 12.7. The number of hydrogen-bond donors (Lipinski definition) is 1. The summed E-state index contributed by atoms with van der Waals surface area (Å²) in [5, 5.41) is 0.364. The third-order valence-electron chi connectivity index (χ3n) is 4.47. The number of carbonyl (C=O) groups is 3. The summed E-state index contributed by atoms with van der Waals surface area (Å²) >= 11 is 0. The van der Waals surface area contributed by atoms with Crippen molar-refractivity contribution in [3.05, 3.63) is 65.2 Å². The van der Waals surface area contributed by atoms with Gasteiger partial charge in [-0.1, -0.05) is 48.7 Å². The van der Waals surface area contributed by atoms with Gasteiger partial charge in [0.15, 0.2) is 0 Å². The third kappa shape index (κ3) is 4.06. The minimum Gasteiger partial charge on any atom is -0.328 e. The van der Waals surface area contributed by atoms with Gasteiger partial charge < -0.3 is 4.84 Å². The van der Waals surface area contributed by atoms with Gasteiger partial charge in [-0.05, 0) is 37.1 Å². The molecule has 2 aromatic carbocycles. The van der Waals surface area contributed by atoms with E-state index in [9.17, 15) is 22.8 Å². The van der Waals surface area contributed by atoms with Crippen LogP contribution in [0.3, 0.4) is 0 Å². The second-order valence-corrected chi connectivity index (χ2v) is 8.73. The van der Waals surface area contributed by atoms with E-state index in [4.69, 9.17) is 4.84 Å². The fraction of sp³-hybridized carbons (Fsp3) is 0.250. The number of nitrogens with zero attached hydrogens (tertiary/aromatic N) is 1. The first-order chi connectivity index (χ1) is 13.6. The van der Waals surface area contributed by atoms with Crippen molar-refractivity contribution in [1.82, 2.24) is 9.79 Å². The van der Waals surface area contributed by atoms with Crippen LogP contribution in [0.25, 0.3) is 0 Å². The zero-order valence-electron chi connectivity index (χ0n) is 16.1. The molecule has 9 heteroatoms. The Balaban J connectivity index is 1.80. The largest absolute Gasteiger partial charge is 0.351 e. The maximum Gasteiger partial charge on any atom is 0.351 e. The molecule has 0 aliphatic carbocycles. The Morgan fingerprint density at radius 2 is 1.48 bits per heavy atom. The van der Waals surface area contributed by atoms with Crippen LogP contribution in [-0.4, -0.2) is 37.3 Å². The van der Waals surface area contributed by atoms with Gasteiger partial charge in [0.05, 0.1) is 16.0 Å². The van der Waals surface area contributed by atoms with Crippen LogP contribution in [0.5, 0.6) is 0 Å².